The maximum absolute atomic E-state index is 5.18. The number of fused-ring (bicyclic) bond motifs is 6. The van der Waals surface area contributed by atoms with Gasteiger partial charge >= 0.3 is 0 Å². The van der Waals surface area contributed by atoms with Crippen molar-refractivity contribution in [3.63, 3.8) is 0 Å². The fraction of sp³-hybridized carbons (Fsp3) is 0.231. The van der Waals surface area contributed by atoms with Crippen LogP contribution < -0.4 is 0 Å². The van der Waals surface area contributed by atoms with E-state index in [1.807, 2.05) is 12.4 Å². The lowest BCUT2D eigenvalue weighted by Gasteiger charge is -2.18. The Labute approximate surface area is 171 Å². The molecule has 0 saturated carbocycles. The molecular weight excluding hydrogens is 354 g/mol. The van der Waals surface area contributed by atoms with Crippen molar-refractivity contribution in [2.75, 3.05) is 0 Å². The van der Waals surface area contributed by atoms with E-state index in [1.54, 1.807) is 0 Å². The second kappa shape index (κ2) is 6.70. The minimum atomic E-state index is 0.434. The molecule has 5 aromatic rings. The average molecular weight is 380 g/mol. The molecule has 3 nitrogen and oxygen atoms in total. The van der Waals surface area contributed by atoms with Crippen molar-refractivity contribution in [1.29, 1.82) is 0 Å². The Morgan fingerprint density at radius 1 is 0.759 bits per heavy atom. The summed E-state index contributed by atoms with van der Waals surface area (Å²) in [5, 5.41) is 3.59. The highest BCUT2D eigenvalue weighted by molar-refractivity contribution is 6.11. The molecule has 0 unspecified atom stereocenters. The Morgan fingerprint density at radius 3 is 2.14 bits per heavy atom. The third kappa shape index (κ3) is 2.72. The van der Waals surface area contributed by atoms with E-state index in [0.29, 0.717) is 11.8 Å². The lowest BCUT2D eigenvalue weighted by molar-refractivity contribution is 0.837. The highest BCUT2D eigenvalue weighted by atomic mass is 15.0. The van der Waals surface area contributed by atoms with Crippen molar-refractivity contribution in [2.24, 2.45) is 0 Å². The minimum Gasteiger partial charge on any atom is -0.297 e. The number of pyridine rings is 2. The molecule has 0 fully saturated rings. The first-order chi connectivity index (χ1) is 14.1. The largest absolute Gasteiger partial charge is 0.297 e. The van der Waals surface area contributed by atoms with Gasteiger partial charge < -0.3 is 0 Å². The highest BCUT2D eigenvalue weighted by Crippen LogP contribution is 2.37. The Bertz CT molecular complexity index is 1260. The molecule has 3 heterocycles. The quantitative estimate of drug-likeness (QED) is 0.318. The van der Waals surface area contributed by atoms with Crippen LogP contribution in [0.4, 0.5) is 0 Å². The van der Waals surface area contributed by atoms with Gasteiger partial charge in [-0.05, 0) is 34.4 Å². The van der Waals surface area contributed by atoms with Crippen molar-refractivity contribution in [1.82, 2.24) is 14.4 Å². The lowest BCUT2D eigenvalue weighted by atomic mass is 9.87. The Hall–Kier alpha value is -3.20. The molecule has 29 heavy (non-hydrogen) atoms. The van der Waals surface area contributed by atoms with Crippen LogP contribution in [0.3, 0.4) is 0 Å². The van der Waals surface area contributed by atoms with Crippen molar-refractivity contribution in [3.05, 3.63) is 78.2 Å². The summed E-state index contributed by atoms with van der Waals surface area (Å²) in [4.78, 5) is 9.58. The van der Waals surface area contributed by atoms with Gasteiger partial charge in [-0.15, -0.1) is 0 Å². The standard InChI is InChI=1S/C26H25N3/c1-16(2)18-10-7-11-19(17(3)4)25(18)23-15-29-24-14-27-13-12-21(24)20-8-5-6-9-22(20)26(29)28-23/h5-17H,1-4H3. The number of rotatable bonds is 3. The maximum Gasteiger partial charge on any atom is 0.145 e. The van der Waals surface area contributed by atoms with Gasteiger partial charge in [0.05, 0.1) is 17.4 Å². The predicted octanol–water partition coefficient (Wildman–Crippen LogP) is 6.95. The zero-order chi connectivity index (χ0) is 20.1. The Balaban J connectivity index is 1.93. The van der Waals surface area contributed by atoms with E-state index in [1.165, 1.54) is 32.8 Å². The molecule has 0 N–H and O–H groups in total. The molecule has 3 aromatic heterocycles. The summed E-state index contributed by atoms with van der Waals surface area (Å²) in [6.45, 7) is 9.03. The monoisotopic (exact) mass is 379 g/mol. The van der Waals surface area contributed by atoms with Gasteiger partial charge in [-0.1, -0.05) is 70.2 Å². The third-order valence-electron chi connectivity index (χ3n) is 5.85. The molecule has 3 heteroatoms. The van der Waals surface area contributed by atoms with Crippen LogP contribution in [0, 0.1) is 0 Å². The second-order valence-electron chi connectivity index (χ2n) is 8.38. The highest BCUT2D eigenvalue weighted by Gasteiger charge is 2.19. The van der Waals surface area contributed by atoms with Gasteiger partial charge in [0.15, 0.2) is 0 Å². The van der Waals surface area contributed by atoms with Crippen LogP contribution in [0.25, 0.3) is 38.6 Å². The number of aromatic nitrogens is 3. The fourth-order valence-corrected chi connectivity index (χ4v) is 4.44. The molecule has 0 radical (unpaired) electrons. The summed E-state index contributed by atoms with van der Waals surface area (Å²) in [5.74, 6) is 0.868. The van der Waals surface area contributed by atoms with Crippen molar-refractivity contribution in [2.45, 2.75) is 39.5 Å². The molecule has 0 spiro atoms. The first kappa shape index (κ1) is 17.9. The van der Waals surface area contributed by atoms with Gasteiger partial charge in [-0.2, -0.15) is 0 Å². The van der Waals surface area contributed by atoms with Crippen LogP contribution in [0.1, 0.15) is 50.7 Å². The number of hydrogen-bond donors (Lipinski definition) is 0. The van der Waals surface area contributed by atoms with E-state index in [4.69, 9.17) is 4.98 Å². The van der Waals surface area contributed by atoms with E-state index in [9.17, 15) is 0 Å². The maximum atomic E-state index is 5.18. The summed E-state index contributed by atoms with van der Waals surface area (Å²) in [7, 11) is 0. The summed E-state index contributed by atoms with van der Waals surface area (Å²) >= 11 is 0. The first-order valence-corrected chi connectivity index (χ1v) is 10.3. The molecule has 5 rings (SSSR count). The summed E-state index contributed by atoms with van der Waals surface area (Å²) < 4.78 is 2.21. The molecule has 0 aliphatic heterocycles. The number of hydrogen-bond acceptors (Lipinski definition) is 2. The zero-order valence-electron chi connectivity index (χ0n) is 17.3. The van der Waals surface area contributed by atoms with E-state index in [-0.39, 0.29) is 0 Å². The van der Waals surface area contributed by atoms with Gasteiger partial charge in [-0.3, -0.25) is 9.38 Å². The van der Waals surface area contributed by atoms with Gasteiger partial charge in [0.25, 0.3) is 0 Å². The minimum absolute atomic E-state index is 0.434. The van der Waals surface area contributed by atoms with E-state index >= 15 is 0 Å². The summed E-state index contributed by atoms with van der Waals surface area (Å²) in [6, 6.07) is 17.3. The number of benzene rings is 2. The van der Waals surface area contributed by atoms with Crippen molar-refractivity contribution < 1.29 is 0 Å². The number of imidazole rings is 1. The van der Waals surface area contributed by atoms with Crippen LogP contribution in [-0.2, 0) is 0 Å². The molecule has 0 saturated heterocycles. The van der Waals surface area contributed by atoms with E-state index in [2.05, 4.69) is 91.8 Å². The van der Waals surface area contributed by atoms with Gasteiger partial charge in [0.1, 0.15) is 5.65 Å². The van der Waals surface area contributed by atoms with Gasteiger partial charge in [0.2, 0.25) is 0 Å². The van der Waals surface area contributed by atoms with Crippen molar-refractivity contribution >= 4 is 27.3 Å². The smallest absolute Gasteiger partial charge is 0.145 e. The van der Waals surface area contributed by atoms with Crippen molar-refractivity contribution in [3.8, 4) is 11.3 Å². The molecule has 0 aliphatic carbocycles. The van der Waals surface area contributed by atoms with Crippen LogP contribution >= 0.6 is 0 Å². The van der Waals surface area contributed by atoms with Gasteiger partial charge in [-0.25, -0.2) is 4.98 Å². The molecule has 2 aromatic carbocycles. The van der Waals surface area contributed by atoms with Gasteiger partial charge in [0, 0.05) is 28.7 Å². The van der Waals surface area contributed by atoms with E-state index < -0.39 is 0 Å². The first-order valence-electron chi connectivity index (χ1n) is 10.3. The van der Waals surface area contributed by atoms with Crippen LogP contribution in [-0.4, -0.2) is 14.4 Å². The van der Waals surface area contributed by atoms with Crippen LogP contribution in [0.5, 0.6) is 0 Å². The Kier molecular flexibility index (Phi) is 4.13. The third-order valence-corrected chi connectivity index (χ3v) is 5.85. The topological polar surface area (TPSA) is 30.2 Å². The normalized spacial score (nSPS) is 12.1. The molecule has 0 atom stereocenters. The average Bonchev–Trinajstić information content (AvgIpc) is 3.19. The molecule has 0 aliphatic rings. The second-order valence-corrected chi connectivity index (χ2v) is 8.38. The molecular formula is C26H25N3. The molecule has 144 valence electrons. The predicted molar refractivity (Wildman–Crippen MR) is 122 cm³/mol. The molecule has 0 bridgehead atoms. The number of nitrogens with zero attached hydrogens (tertiary/aromatic N) is 3. The SMILES string of the molecule is CC(C)c1cccc(C(C)C)c1-c1cn2c3cnccc3c3ccccc3c2n1. The zero-order valence-corrected chi connectivity index (χ0v) is 17.3. The summed E-state index contributed by atoms with van der Waals surface area (Å²) in [6.07, 6.45) is 6.00. The molecule has 0 amide bonds. The van der Waals surface area contributed by atoms with Crippen LogP contribution in [0.2, 0.25) is 0 Å². The fourth-order valence-electron chi connectivity index (χ4n) is 4.44. The van der Waals surface area contributed by atoms with E-state index in [0.717, 1.165) is 16.9 Å². The Morgan fingerprint density at radius 2 is 1.45 bits per heavy atom. The van der Waals surface area contributed by atoms with Crippen LogP contribution in [0.15, 0.2) is 67.1 Å². The summed E-state index contributed by atoms with van der Waals surface area (Å²) in [5.41, 5.74) is 7.11. The lowest BCUT2D eigenvalue weighted by Crippen LogP contribution is -1.99.